The quantitative estimate of drug-likeness (QED) is 0.232. The second-order valence-corrected chi connectivity index (χ2v) is 11.4. The molecule has 0 fully saturated rings. The van der Waals surface area contributed by atoms with Crippen LogP contribution < -0.4 is 0 Å². The number of rotatable bonds is 7. The van der Waals surface area contributed by atoms with Crippen molar-refractivity contribution in [2.45, 2.75) is 72.6 Å². The third-order valence-electron chi connectivity index (χ3n) is 7.30. The van der Waals surface area contributed by atoms with Gasteiger partial charge in [0.2, 0.25) is 0 Å². The molecule has 0 atom stereocenters. The molecule has 4 heteroatoms. The summed E-state index contributed by atoms with van der Waals surface area (Å²) in [6, 6.07) is 19.9. The molecule has 0 N–H and O–H groups in total. The van der Waals surface area contributed by atoms with E-state index in [2.05, 4.69) is 101 Å². The fourth-order valence-electron chi connectivity index (χ4n) is 5.30. The van der Waals surface area contributed by atoms with E-state index in [0.717, 1.165) is 30.1 Å². The molecule has 5 aromatic rings. The first kappa shape index (κ1) is 23.7. The van der Waals surface area contributed by atoms with Crippen molar-refractivity contribution in [3.8, 4) is 17.1 Å². The predicted molar refractivity (Wildman–Crippen MR) is 151 cm³/mol. The summed E-state index contributed by atoms with van der Waals surface area (Å²) in [5.41, 5.74) is 6.16. The van der Waals surface area contributed by atoms with Gasteiger partial charge < -0.3 is 0 Å². The van der Waals surface area contributed by atoms with Gasteiger partial charge in [0.15, 0.2) is 5.82 Å². The molecule has 35 heavy (non-hydrogen) atoms. The van der Waals surface area contributed by atoms with Crippen LogP contribution in [0.2, 0.25) is 0 Å². The van der Waals surface area contributed by atoms with Gasteiger partial charge >= 0.3 is 0 Å². The lowest BCUT2D eigenvalue weighted by Crippen LogP contribution is -2.23. The SMILES string of the molecule is CCCCC(C)(C)c1nnc(-c2cccc(CC)c2)n1-c1c(C)cc2c(sc3ccccc32)c1C. The molecule has 0 amide bonds. The van der Waals surface area contributed by atoms with Crippen molar-refractivity contribution < 1.29 is 0 Å². The molecule has 0 saturated carbocycles. The van der Waals surface area contributed by atoms with Crippen LogP contribution in [0.3, 0.4) is 0 Å². The molecule has 5 rings (SSSR count). The summed E-state index contributed by atoms with van der Waals surface area (Å²) in [6.45, 7) is 13.6. The van der Waals surface area contributed by atoms with Gasteiger partial charge in [0.25, 0.3) is 0 Å². The molecule has 0 aliphatic carbocycles. The lowest BCUT2D eigenvalue weighted by molar-refractivity contribution is 0.425. The van der Waals surface area contributed by atoms with Gasteiger partial charge in [-0.15, -0.1) is 21.5 Å². The Kier molecular flexibility index (Phi) is 6.27. The molecule has 3 nitrogen and oxygen atoms in total. The number of nitrogens with zero attached hydrogens (tertiary/aromatic N) is 3. The van der Waals surface area contributed by atoms with E-state index in [1.807, 2.05) is 11.3 Å². The molecule has 0 aliphatic rings. The molecule has 2 aromatic heterocycles. The fraction of sp³-hybridized carbons (Fsp3) is 0.355. The maximum absolute atomic E-state index is 4.87. The van der Waals surface area contributed by atoms with Crippen LogP contribution in [0.1, 0.15) is 69.5 Å². The molecule has 0 unspecified atom stereocenters. The van der Waals surface area contributed by atoms with Crippen LogP contribution in [0.4, 0.5) is 0 Å². The van der Waals surface area contributed by atoms with Crippen LogP contribution in [-0.2, 0) is 11.8 Å². The van der Waals surface area contributed by atoms with Crippen molar-refractivity contribution in [3.63, 3.8) is 0 Å². The standard InChI is InChI=1S/C31H35N3S/c1-7-9-17-31(5,6)30-33-32-29(23-14-12-13-22(8-2)19-23)34(30)27-20(3)18-25-24-15-10-11-16-26(24)35-28(25)21(27)4/h10-16,18-19H,7-9,17H2,1-6H3. The number of unbranched alkanes of at least 4 members (excludes halogenated alkanes) is 1. The van der Waals surface area contributed by atoms with E-state index in [1.165, 1.54) is 55.4 Å². The highest BCUT2D eigenvalue weighted by atomic mass is 32.1. The highest BCUT2D eigenvalue weighted by Gasteiger charge is 2.31. The Balaban J connectivity index is 1.82. The van der Waals surface area contributed by atoms with Gasteiger partial charge in [-0.2, -0.15) is 0 Å². The van der Waals surface area contributed by atoms with Crippen LogP contribution in [0, 0.1) is 13.8 Å². The second-order valence-electron chi connectivity index (χ2n) is 10.4. The first-order valence-electron chi connectivity index (χ1n) is 12.8. The Morgan fingerprint density at radius 2 is 1.71 bits per heavy atom. The lowest BCUT2D eigenvalue weighted by Gasteiger charge is -2.26. The molecule has 2 heterocycles. The van der Waals surface area contributed by atoms with E-state index < -0.39 is 0 Å². The molecule has 0 saturated heterocycles. The fourth-order valence-corrected chi connectivity index (χ4v) is 6.48. The van der Waals surface area contributed by atoms with E-state index in [9.17, 15) is 0 Å². The summed E-state index contributed by atoms with van der Waals surface area (Å²) >= 11 is 1.89. The van der Waals surface area contributed by atoms with Crippen LogP contribution in [0.25, 0.3) is 37.2 Å². The highest BCUT2D eigenvalue weighted by Crippen LogP contribution is 2.42. The highest BCUT2D eigenvalue weighted by molar-refractivity contribution is 7.26. The molecule has 3 aromatic carbocycles. The van der Waals surface area contributed by atoms with E-state index >= 15 is 0 Å². The minimum atomic E-state index is -0.0857. The van der Waals surface area contributed by atoms with E-state index in [-0.39, 0.29) is 5.41 Å². The van der Waals surface area contributed by atoms with Gasteiger partial charge in [-0.1, -0.05) is 76.9 Å². The Morgan fingerprint density at radius 3 is 2.49 bits per heavy atom. The third-order valence-corrected chi connectivity index (χ3v) is 8.61. The van der Waals surface area contributed by atoms with Crippen molar-refractivity contribution in [2.24, 2.45) is 0 Å². The van der Waals surface area contributed by atoms with Gasteiger partial charge in [-0.25, -0.2) is 0 Å². The zero-order valence-corrected chi connectivity index (χ0v) is 22.6. The van der Waals surface area contributed by atoms with Crippen molar-refractivity contribution in [1.82, 2.24) is 14.8 Å². The zero-order valence-electron chi connectivity index (χ0n) is 21.8. The summed E-state index contributed by atoms with van der Waals surface area (Å²) in [4.78, 5) is 0. The largest absolute Gasteiger partial charge is 0.278 e. The normalized spacial score (nSPS) is 12.2. The summed E-state index contributed by atoms with van der Waals surface area (Å²) in [5.74, 6) is 1.99. The first-order valence-corrected chi connectivity index (χ1v) is 13.6. The van der Waals surface area contributed by atoms with Gasteiger partial charge in [-0.05, 0) is 61.6 Å². The lowest BCUT2D eigenvalue weighted by atomic mass is 9.86. The second kappa shape index (κ2) is 9.23. The zero-order chi connectivity index (χ0) is 24.7. The van der Waals surface area contributed by atoms with Gasteiger partial charge in [0.05, 0.1) is 5.69 Å². The molecule has 0 radical (unpaired) electrons. The first-order chi connectivity index (χ1) is 16.9. The molecular weight excluding hydrogens is 446 g/mol. The van der Waals surface area contributed by atoms with Crippen molar-refractivity contribution in [3.05, 3.63) is 77.1 Å². The van der Waals surface area contributed by atoms with Crippen LogP contribution in [-0.4, -0.2) is 14.8 Å². The number of aromatic nitrogens is 3. The molecule has 180 valence electrons. The predicted octanol–water partition coefficient (Wildman–Crippen LogP) is 8.95. The molecule has 0 spiro atoms. The molecular formula is C31H35N3S. The number of aryl methyl sites for hydroxylation is 3. The molecule has 0 aliphatic heterocycles. The van der Waals surface area contributed by atoms with E-state index in [0.29, 0.717) is 0 Å². The average Bonchev–Trinajstić information content (AvgIpc) is 3.46. The number of fused-ring (bicyclic) bond motifs is 3. The third kappa shape index (κ3) is 4.08. The maximum Gasteiger partial charge on any atom is 0.168 e. The van der Waals surface area contributed by atoms with Crippen LogP contribution in [0.15, 0.2) is 54.6 Å². The minimum absolute atomic E-state index is 0.0857. The average molecular weight is 482 g/mol. The monoisotopic (exact) mass is 481 g/mol. The van der Waals surface area contributed by atoms with Gasteiger partial charge in [0, 0.05) is 31.2 Å². The summed E-state index contributed by atoms with van der Waals surface area (Å²) in [7, 11) is 0. The van der Waals surface area contributed by atoms with Crippen molar-refractivity contribution in [1.29, 1.82) is 0 Å². The Labute approximate surface area is 212 Å². The summed E-state index contributed by atoms with van der Waals surface area (Å²) in [5, 5.41) is 12.4. The number of hydrogen-bond acceptors (Lipinski definition) is 3. The van der Waals surface area contributed by atoms with Crippen LogP contribution >= 0.6 is 11.3 Å². The number of benzene rings is 3. The molecule has 0 bridgehead atoms. The van der Waals surface area contributed by atoms with E-state index in [4.69, 9.17) is 10.2 Å². The van der Waals surface area contributed by atoms with Gasteiger partial charge in [-0.3, -0.25) is 4.57 Å². The smallest absolute Gasteiger partial charge is 0.168 e. The maximum atomic E-state index is 4.87. The Bertz CT molecular complexity index is 1520. The number of thiophene rings is 1. The summed E-state index contributed by atoms with van der Waals surface area (Å²) < 4.78 is 5.06. The van der Waals surface area contributed by atoms with Crippen molar-refractivity contribution in [2.75, 3.05) is 0 Å². The topological polar surface area (TPSA) is 30.7 Å². The van der Waals surface area contributed by atoms with E-state index in [1.54, 1.807) is 0 Å². The van der Waals surface area contributed by atoms with Crippen molar-refractivity contribution >= 4 is 31.5 Å². The van der Waals surface area contributed by atoms with Gasteiger partial charge in [0.1, 0.15) is 5.82 Å². The minimum Gasteiger partial charge on any atom is -0.278 e. The Hall–Kier alpha value is -2.98. The summed E-state index contributed by atoms with van der Waals surface area (Å²) in [6.07, 6.45) is 4.44. The van der Waals surface area contributed by atoms with Crippen LogP contribution in [0.5, 0.6) is 0 Å². The Morgan fingerprint density at radius 1 is 0.914 bits per heavy atom. The number of hydrogen-bond donors (Lipinski definition) is 0.